The number of benzene rings is 2. The van der Waals surface area contributed by atoms with Crippen LogP contribution in [-0.4, -0.2) is 49.2 Å². The molecule has 0 radical (unpaired) electrons. The van der Waals surface area contributed by atoms with Crippen LogP contribution >= 0.6 is 0 Å². The number of sulfonamides is 1. The smallest absolute Gasteiger partial charge is 0.339 e. The van der Waals surface area contributed by atoms with Crippen LogP contribution < -0.4 is 0 Å². The van der Waals surface area contributed by atoms with Gasteiger partial charge in [-0.25, -0.2) is 13.2 Å². The summed E-state index contributed by atoms with van der Waals surface area (Å²) in [4.78, 5) is 28.6. The highest BCUT2D eigenvalue weighted by atomic mass is 32.2. The Morgan fingerprint density at radius 2 is 1.68 bits per heavy atom. The van der Waals surface area contributed by atoms with Crippen molar-refractivity contribution in [1.29, 1.82) is 0 Å². The van der Waals surface area contributed by atoms with Gasteiger partial charge in [0.25, 0.3) is 0 Å². The van der Waals surface area contributed by atoms with Crippen LogP contribution in [0.1, 0.15) is 45.7 Å². The molecule has 0 amide bonds. The van der Waals surface area contributed by atoms with Gasteiger partial charge in [-0.05, 0) is 38.0 Å². The number of nitrogens with zero attached hydrogens (tertiary/aromatic N) is 1. The van der Waals surface area contributed by atoms with E-state index in [1.165, 1.54) is 16.4 Å². The van der Waals surface area contributed by atoms with Crippen molar-refractivity contribution in [2.45, 2.75) is 31.1 Å². The number of H-pyrrole nitrogens is 1. The maximum absolute atomic E-state index is 13.1. The normalized spacial score (nSPS) is 15.1. The van der Waals surface area contributed by atoms with Crippen molar-refractivity contribution >= 4 is 32.7 Å². The van der Waals surface area contributed by atoms with E-state index in [4.69, 9.17) is 4.74 Å². The van der Waals surface area contributed by atoms with Gasteiger partial charge in [-0.15, -0.1) is 0 Å². The van der Waals surface area contributed by atoms with Crippen molar-refractivity contribution in [3.8, 4) is 0 Å². The molecule has 1 aromatic heterocycles. The van der Waals surface area contributed by atoms with Crippen molar-refractivity contribution in [1.82, 2.24) is 9.29 Å². The Balaban J connectivity index is 1.54. The number of esters is 1. The molecule has 1 aliphatic rings. The molecule has 0 unspecified atom stereocenters. The van der Waals surface area contributed by atoms with E-state index in [-0.39, 0.29) is 16.2 Å². The summed E-state index contributed by atoms with van der Waals surface area (Å²) in [5.41, 5.74) is 1.93. The largest absolute Gasteiger partial charge is 0.454 e. The van der Waals surface area contributed by atoms with Crippen LogP contribution in [0.4, 0.5) is 0 Å². The first kappa shape index (κ1) is 21.3. The Morgan fingerprint density at radius 3 is 2.45 bits per heavy atom. The zero-order valence-electron chi connectivity index (χ0n) is 17.3. The third-order valence-corrected chi connectivity index (χ3v) is 7.50. The fourth-order valence-corrected chi connectivity index (χ4v) is 5.72. The Morgan fingerprint density at radius 1 is 1.00 bits per heavy atom. The predicted molar refractivity (Wildman–Crippen MR) is 117 cm³/mol. The number of hydrogen-bond donors (Lipinski definition) is 1. The molecule has 1 aliphatic heterocycles. The van der Waals surface area contributed by atoms with Crippen LogP contribution in [0.3, 0.4) is 0 Å². The van der Waals surface area contributed by atoms with E-state index in [9.17, 15) is 18.0 Å². The molecular weight excluding hydrogens is 416 g/mol. The van der Waals surface area contributed by atoms with Gasteiger partial charge < -0.3 is 9.72 Å². The maximum atomic E-state index is 13.1. The molecule has 8 heteroatoms. The summed E-state index contributed by atoms with van der Waals surface area (Å²) in [5, 5.41) is 0.758. The number of piperidine rings is 1. The molecule has 4 rings (SSSR count). The number of ketones is 1. The monoisotopic (exact) mass is 440 g/mol. The summed E-state index contributed by atoms with van der Waals surface area (Å²) >= 11 is 0. The predicted octanol–water partition coefficient (Wildman–Crippen LogP) is 3.69. The third-order valence-electron chi connectivity index (χ3n) is 5.55. The quantitative estimate of drug-likeness (QED) is 0.466. The first-order valence-electron chi connectivity index (χ1n) is 10.3. The van der Waals surface area contributed by atoms with Gasteiger partial charge in [0.2, 0.25) is 15.8 Å². The molecule has 0 bridgehead atoms. The highest BCUT2D eigenvalue weighted by molar-refractivity contribution is 7.89. The standard InChI is InChI=1S/C23H24N2O5S/c1-16-22(17-9-3-5-11-19(17)24-16)20(26)15-30-23(27)18-10-4-6-12-21(18)31(28,29)25-13-7-2-8-14-25/h3-6,9-12,24H,2,7-8,13-15H2,1H3. The number of rotatable bonds is 6. The van der Waals surface area contributed by atoms with Crippen molar-refractivity contribution in [2.24, 2.45) is 0 Å². The molecule has 0 spiro atoms. The Bertz CT molecular complexity index is 1240. The van der Waals surface area contributed by atoms with Gasteiger partial charge >= 0.3 is 5.97 Å². The first-order chi connectivity index (χ1) is 14.9. The van der Waals surface area contributed by atoms with Crippen molar-refractivity contribution in [3.05, 3.63) is 65.4 Å². The SMILES string of the molecule is Cc1[nH]c2ccccc2c1C(=O)COC(=O)c1ccccc1S(=O)(=O)N1CCCCC1. The molecule has 0 atom stereocenters. The number of aromatic amines is 1. The minimum Gasteiger partial charge on any atom is -0.454 e. The lowest BCUT2D eigenvalue weighted by Crippen LogP contribution is -2.36. The van der Waals surface area contributed by atoms with E-state index < -0.39 is 22.6 Å². The third kappa shape index (κ3) is 4.13. The number of fused-ring (bicyclic) bond motifs is 1. The van der Waals surface area contributed by atoms with Crippen LogP contribution in [0.2, 0.25) is 0 Å². The van der Waals surface area contributed by atoms with E-state index >= 15 is 0 Å². The highest BCUT2D eigenvalue weighted by Crippen LogP contribution is 2.25. The van der Waals surface area contributed by atoms with Gasteiger partial charge in [-0.2, -0.15) is 4.31 Å². The van der Waals surface area contributed by atoms with Crippen molar-refractivity contribution in [2.75, 3.05) is 19.7 Å². The topological polar surface area (TPSA) is 96.5 Å². The number of hydrogen-bond acceptors (Lipinski definition) is 5. The lowest BCUT2D eigenvalue weighted by Gasteiger charge is -2.26. The number of carbonyl (C=O) groups excluding carboxylic acids is 2. The minimum absolute atomic E-state index is 0.0588. The number of para-hydroxylation sites is 1. The fourth-order valence-electron chi connectivity index (χ4n) is 4.02. The van der Waals surface area contributed by atoms with Gasteiger partial charge in [-0.1, -0.05) is 36.8 Å². The average molecular weight is 441 g/mol. The molecule has 162 valence electrons. The molecule has 1 saturated heterocycles. The molecule has 7 nitrogen and oxygen atoms in total. The molecule has 2 aromatic carbocycles. The average Bonchev–Trinajstić information content (AvgIpc) is 3.13. The van der Waals surface area contributed by atoms with E-state index in [1.807, 2.05) is 24.3 Å². The molecule has 2 heterocycles. The van der Waals surface area contributed by atoms with Crippen LogP contribution in [-0.2, 0) is 14.8 Å². The summed E-state index contributed by atoms with van der Waals surface area (Å²) in [7, 11) is -3.81. The lowest BCUT2D eigenvalue weighted by molar-refractivity contribution is 0.0471. The van der Waals surface area contributed by atoms with Crippen molar-refractivity contribution in [3.63, 3.8) is 0 Å². The minimum atomic E-state index is -3.81. The highest BCUT2D eigenvalue weighted by Gasteiger charge is 2.30. The summed E-state index contributed by atoms with van der Waals surface area (Å²) in [6, 6.07) is 13.4. The molecule has 3 aromatic rings. The molecule has 0 aliphatic carbocycles. The number of aryl methyl sites for hydroxylation is 1. The fraction of sp³-hybridized carbons (Fsp3) is 0.304. The Kier molecular flexibility index (Phi) is 5.93. The van der Waals surface area contributed by atoms with E-state index in [0.29, 0.717) is 24.3 Å². The van der Waals surface area contributed by atoms with Crippen molar-refractivity contribution < 1.29 is 22.7 Å². The Hall–Kier alpha value is -2.97. The van der Waals surface area contributed by atoms with Gasteiger partial charge in [0.05, 0.1) is 10.5 Å². The second-order valence-electron chi connectivity index (χ2n) is 7.63. The number of carbonyl (C=O) groups is 2. The number of Topliss-reactive ketones (excluding diaryl/α,β-unsaturated/α-hetero) is 1. The van der Waals surface area contributed by atoms with E-state index in [1.54, 1.807) is 19.1 Å². The maximum Gasteiger partial charge on any atom is 0.339 e. The van der Waals surface area contributed by atoms with Crippen LogP contribution in [0, 0.1) is 6.92 Å². The first-order valence-corrected chi connectivity index (χ1v) is 11.7. The molecular formula is C23H24N2O5S. The van der Waals surface area contributed by atoms with Gasteiger partial charge in [-0.3, -0.25) is 4.79 Å². The van der Waals surface area contributed by atoms with E-state index in [0.717, 1.165) is 30.2 Å². The second kappa shape index (κ2) is 8.64. The number of aromatic nitrogens is 1. The summed E-state index contributed by atoms with van der Waals surface area (Å²) in [6.07, 6.45) is 2.58. The molecule has 0 saturated carbocycles. The second-order valence-corrected chi connectivity index (χ2v) is 9.54. The summed E-state index contributed by atoms with van der Waals surface area (Å²) < 4.78 is 32.8. The van der Waals surface area contributed by atoms with Crippen LogP contribution in [0.15, 0.2) is 53.4 Å². The molecule has 31 heavy (non-hydrogen) atoms. The lowest BCUT2D eigenvalue weighted by atomic mass is 10.1. The van der Waals surface area contributed by atoms with Gasteiger partial charge in [0, 0.05) is 35.2 Å². The van der Waals surface area contributed by atoms with Crippen LogP contribution in [0.25, 0.3) is 10.9 Å². The molecule has 1 fully saturated rings. The number of nitrogens with one attached hydrogen (secondary N) is 1. The summed E-state index contributed by atoms with van der Waals surface area (Å²) in [6.45, 7) is 2.18. The van der Waals surface area contributed by atoms with Gasteiger partial charge in [0.15, 0.2) is 6.61 Å². The molecule has 1 N–H and O–H groups in total. The van der Waals surface area contributed by atoms with E-state index in [2.05, 4.69) is 4.98 Å². The van der Waals surface area contributed by atoms with Gasteiger partial charge in [0.1, 0.15) is 0 Å². The Labute approximate surface area is 181 Å². The number of ether oxygens (including phenoxy) is 1. The zero-order chi connectivity index (χ0) is 22.0. The summed E-state index contributed by atoms with van der Waals surface area (Å²) in [5.74, 6) is -1.18. The zero-order valence-corrected chi connectivity index (χ0v) is 18.1. The van der Waals surface area contributed by atoms with Crippen LogP contribution in [0.5, 0.6) is 0 Å².